The number of halogens is 1. The molecule has 2 unspecified atom stereocenters. The van der Waals surface area contributed by atoms with Crippen molar-refractivity contribution in [2.45, 2.75) is 44.8 Å². The van der Waals surface area contributed by atoms with Gasteiger partial charge in [0.05, 0.1) is 7.11 Å². The molecule has 2 aliphatic rings. The minimum Gasteiger partial charge on any atom is -0.497 e. The SMILES string of the molecule is CCC1CNC(C2CC2)CN1Cc1ccc(OC)cc1F. The van der Waals surface area contributed by atoms with Crippen LogP contribution in [0.4, 0.5) is 4.39 Å². The molecule has 1 heterocycles. The smallest absolute Gasteiger partial charge is 0.131 e. The lowest BCUT2D eigenvalue weighted by Gasteiger charge is -2.40. The molecule has 0 spiro atoms. The van der Waals surface area contributed by atoms with Crippen molar-refractivity contribution in [3.8, 4) is 5.75 Å². The van der Waals surface area contributed by atoms with Gasteiger partial charge in [-0.1, -0.05) is 13.0 Å². The second kappa shape index (κ2) is 6.32. The van der Waals surface area contributed by atoms with Gasteiger partial charge in [-0.15, -0.1) is 0 Å². The highest BCUT2D eigenvalue weighted by atomic mass is 19.1. The Bertz CT molecular complexity index is 490. The van der Waals surface area contributed by atoms with Gasteiger partial charge >= 0.3 is 0 Å². The molecule has 3 nitrogen and oxygen atoms in total. The van der Waals surface area contributed by atoms with Gasteiger partial charge in [0.15, 0.2) is 0 Å². The maximum Gasteiger partial charge on any atom is 0.131 e. The van der Waals surface area contributed by atoms with Gasteiger partial charge in [-0.25, -0.2) is 4.39 Å². The van der Waals surface area contributed by atoms with Gasteiger partial charge < -0.3 is 10.1 Å². The van der Waals surface area contributed by atoms with Crippen molar-refractivity contribution in [1.29, 1.82) is 0 Å². The van der Waals surface area contributed by atoms with Gasteiger partial charge in [-0.3, -0.25) is 4.90 Å². The van der Waals surface area contributed by atoms with Crippen molar-refractivity contribution in [2.24, 2.45) is 5.92 Å². The lowest BCUT2D eigenvalue weighted by molar-refractivity contribution is 0.110. The van der Waals surface area contributed by atoms with E-state index in [0.717, 1.165) is 31.0 Å². The number of nitrogens with zero attached hydrogens (tertiary/aromatic N) is 1. The minimum absolute atomic E-state index is 0.161. The topological polar surface area (TPSA) is 24.5 Å². The van der Waals surface area contributed by atoms with E-state index in [-0.39, 0.29) is 5.82 Å². The van der Waals surface area contributed by atoms with Gasteiger partial charge in [0.2, 0.25) is 0 Å². The molecule has 0 aromatic heterocycles. The first-order valence-corrected chi connectivity index (χ1v) is 8.01. The zero-order valence-corrected chi connectivity index (χ0v) is 12.9. The molecule has 0 bridgehead atoms. The number of nitrogens with one attached hydrogen (secondary N) is 1. The summed E-state index contributed by atoms with van der Waals surface area (Å²) in [6.07, 6.45) is 3.79. The van der Waals surface area contributed by atoms with Crippen molar-refractivity contribution in [3.05, 3.63) is 29.6 Å². The van der Waals surface area contributed by atoms with Gasteiger partial charge in [0.1, 0.15) is 11.6 Å². The Morgan fingerprint density at radius 2 is 2.19 bits per heavy atom. The predicted octanol–water partition coefficient (Wildman–Crippen LogP) is 2.80. The molecule has 1 N–H and O–H groups in total. The Morgan fingerprint density at radius 3 is 2.81 bits per heavy atom. The molecule has 21 heavy (non-hydrogen) atoms. The molecule has 3 rings (SSSR count). The molecule has 1 aromatic carbocycles. The molecule has 4 heteroatoms. The van der Waals surface area contributed by atoms with Crippen LogP contribution in [0.25, 0.3) is 0 Å². The second-order valence-electron chi connectivity index (χ2n) is 6.30. The van der Waals surface area contributed by atoms with Crippen LogP contribution in [0.5, 0.6) is 5.75 Å². The summed E-state index contributed by atoms with van der Waals surface area (Å²) in [6, 6.07) is 6.28. The molecule has 0 amide bonds. The number of ether oxygens (including phenoxy) is 1. The Kier molecular flexibility index (Phi) is 4.45. The van der Waals surface area contributed by atoms with Crippen LogP contribution in [-0.4, -0.2) is 37.2 Å². The molecule has 1 aromatic rings. The van der Waals surface area contributed by atoms with Gasteiger partial charge in [0.25, 0.3) is 0 Å². The molecular formula is C17H25FN2O. The van der Waals surface area contributed by atoms with Gasteiger partial charge in [-0.05, 0) is 31.2 Å². The van der Waals surface area contributed by atoms with Crippen LogP contribution in [0.2, 0.25) is 0 Å². The van der Waals surface area contributed by atoms with E-state index < -0.39 is 0 Å². The lowest BCUT2D eigenvalue weighted by Crippen LogP contribution is -2.56. The largest absolute Gasteiger partial charge is 0.497 e. The lowest BCUT2D eigenvalue weighted by atomic mass is 10.0. The Hall–Kier alpha value is -1.13. The third kappa shape index (κ3) is 3.38. The number of hydrogen-bond acceptors (Lipinski definition) is 3. The number of benzene rings is 1. The summed E-state index contributed by atoms with van der Waals surface area (Å²) in [5, 5.41) is 3.68. The van der Waals surface area contributed by atoms with Crippen LogP contribution in [0.3, 0.4) is 0 Å². The molecule has 1 aliphatic heterocycles. The molecule has 1 aliphatic carbocycles. The highest BCUT2D eigenvalue weighted by molar-refractivity contribution is 5.29. The third-order valence-corrected chi connectivity index (χ3v) is 4.86. The van der Waals surface area contributed by atoms with Gasteiger partial charge in [-0.2, -0.15) is 0 Å². The molecule has 2 fully saturated rings. The van der Waals surface area contributed by atoms with Crippen LogP contribution < -0.4 is 10.1 Å². The van der Waals surface area contributed by atoms with Crippen molar-refractivity contribution in [1.82, 2.24) is 10.2 Å². The maximum atomic E-state index is 14.2. The first-order valence-electron chi connectivity index (χ1n) is 8.01. The third-order valence-electron chi connectivity index (χ3n) is 4.86. The Morgan fingerprint density at radius 1 is 1.38 bits per heavy atom. The van der Waals surface area contributed by atoms with Crippen LogP contribution in [0.15, 0.2) is 18.2 Å². The predicted molar refractivity (Wildman–Crippen MR) is 82.0 cm³/mol. The Labute approximate surface area is 126 Å². The fourth-order valence-corrected chi connectivity index (χ4v) is 3.30. The summed E-state index contributed by atoms with van der Waals surface area (Å²) in [5.41, 5.74) is 0.769. The Balaban J connectivity index is 1.70. The van der Waals surface area contributed by atoms with E-state index in [4.69, 9.17) is 4.74 Å². The van der Waals surface area contributed by atoms with Crippen molar-refractivity contribution >= 4 is 0 Å². The molecule has 1 saturated heterocycles. The van der Waals surface area contributed by atoms with E-state index >= 15 is 0 Å². The highest BCUT2D eigenvalue weighted by Crippen LogP contribution is 2.35. The molecule has 116 valence electrons. The normalized spacial score (nSPS) is 26.8. The van der Waals surface area contributed by atoms with Gasteiger partial charge in [0, 0.05) is 43.3 Å². The van der Waals surface area contributed by atoms with E-state index in [1.807, 2.05) is 12.1 Å². The van der Waals surface area contributed by atoms with Crippen LogP contribution in [-0.2, 0) is 6.54 Å². The molecule has 0 radical (unpaired) electrons. The van der Waals surface area contributed by atoms with Crippen LogP contribution >= 0.6 is 0 Å². The summed E-state index contributed by atoms with van der Waals surface area (Å²) < 4.78 is 19.2. The minimum atomic E-state index is -0.161. The fourth-order valence-electron chi connectivity index (χ4n) is 3.30. The molecule has 1 saturated carbocycles. The number of hydrogen-bond donors (Lipinski definition) is 1. The quantitative estimate of drug-likeness (QED) is 0.903. The summed E-state index contributed by atoms with van der Waals surface area (Å²) >= 11 is 0. The first kappa shape index (κ1) is 14.8. The van der Waals surface area contributed by atoms with E-state index in [1.54, 1.807) is 7.11 Å². The summed E-state index contributed by atoms with van der Waals surface area (Å²) in [7, 11) is 1.57. The van der Waals surface area contributed by atoms with Crippen LogP contribution in [0, 0.1) is 11.7 Å². The molecule has 2 atom stereocenters. The average molecular weight is 292 g/mol. The zero-order chi connectivity index (χ0) is 14.8. The van der Waals surface area contributed by atoms with E-state index in [0.29, 0.717) is 24.4 Å². The molecular weight excluding hydrogens is 267 g/mol. The number of rotatable bonds is 5. The van der Waals surface area contributed by atoms with E-state index in [2.05, 4.69) is 17.1 Å². The van der Waals surface area contributed by atoms with E-state index in [1.165, 1.54) is 18.9 Å². The van der Waals surface area contributed by atoms with E-state index in [9.17, 15) is 4.39 Å². The summed E-state index contributed by atoms with van der Waals surface area (Å²) in [5.74, 6) is 1.26. The maximum absolute atomic E-state index is 14.2. The highest BCUT2D eigenvalue weighted by Gasteiger charge is 2.36. The number of methoxy groups -OCH3 is 1. The number of piperazine rings is 1. The summed E-state index contributed by atoms with van der Waals surface area (Å²) in [6.45, 7) is 4.96. The summed E-state index contributed by atoms with van der Waals surface area (Å²) in [4.78, 5) is 2.45. The van der Waals surface area contributed by atoms with Crippen molar-refractivity contribution < 1.29 is 9.13 Å². The first-order chi connectivity index (χ1) is 10.2. The standard InChI is InChI=1S/C17H25FN2O/c1-3-14-9-19-17(12-4-5-12)11-20(14)10-13-6-7-15(21-2)8-16(13)18/h6-8,12,14,17,19H,3-5,9-11H2,1-2H3. The zero-order valence-electron chi connectivity index (χ0n) is 12.9. The second-order valence-corrected chi connectivity index (χ2v) is 6.30. The van der Waals surface area contributed by atoms with Crippen molar-refractivity contribution in [3.63, 3.8) is 0 Å². The van der Waals surface area contributed by atoms with Crippen molar-refractivity contribution in [2.75, 3.05) is 20.2 Å². The fraction of sp³-hybridized carbons (Fsp3) is 0.647. The van der Waals surface area contributed by atoms with Crippen LogP contribution in [0.1, 0.15) is 31.7 Å². The average Bonchev–Trinajstić information content (AvgIpc) is 3.34. The monoisotopic (exact) mass is 292 g/mol.